The zero-order valence-corrected chi connectivity index (χ0v) is 17.3. The van der Waals surface area contributed by atoms with Gasteiger partial charge in [0.1, 0.15) is 18.1 Å². The van der Waals surface area contributed by atoms with Gasteiger partial charge in [-0.2, -0.15) is 0 Å². The number of carboxylic acid groups (broad SMARTS) is 1. The molecule has 32 heavy (non-hydrogen) atoms. The van der Waals surface area contributed by atoms with E-state index in [9.17, 15) is 24.3 Å². The van der Waals surface area contributed by atoms with Gasteiger partial charge in [-0.3, -0.25) is 14.4 Å². The zero-order valence-electron chi connectivity index (χ0n) is 17.3. The maximum atomic E-state index is 13.2. The monoisotopic (exact) mass is 446 g/mol. The molecule has 1 aliphatic rings. The standard InChI is InChI=1S/C19H26N8O5/c20-6-16(28)25-13(4-11-7-21-9-23-11)17(29)26-14(5-12-8-22-10-24-12)18(30)27-3-1-2-15(27)19(31)32/h7-10,13-15H,1-6,20H2,(H,21,23)(H,22,24)(H,25,28)(H,26,29)(H,31,32). The molecular formula is C19H26N8O5. The van der Waals surface area contributed by atoms with Crippen LogP contribution in [-0.4, -0.2) is 84.8 Å². The van der Waals surface area contributed by atoms with Gasteiger partial charge in [-0.15, -0.1) is 0 Å². The van der Waals surface area contributed by atoms with Crippen molar-refractivity contribution in [3.05, 3.63) is 36.4 Å². The lowest BCUT2D eigenvalue weighted by Gasteiger charge is -2.28. The number of nitrogens with one attached hydrogen (secondary N) is 4. The SMILES string of the molecule is NCC(=O)NC(Cc1cnc[nH]1)C(=O)NC(Cc1cnc[nH]1)C(=O)N1CCCC1C(=O)O. The van der Waals surface area contributed by atoms with Crippen LogP contribution >= 0.6 is 0 Å². The highest BCUT2D eigenvalue weighted by atomic mass is 16.4. The topological polar surface area (TPSA) is 199 Å². The van der Waals surface area contributed by atoms with Gasteiger partial charge in [0.2, 0.25) is 17.7 Å². The third-order valence-corrected chi connectivity index (χ3v) is 5.23. The maximum absolute atomic E-state index is 13.2. The number of aromatic nitrogens is 4. The summed E-state index contributed by atoms with van der Waals surface area (Å²) in [4.78, 5) is 64.6. The van der Waals surface area contributed by atoms with Gasteiger partial charge in [-0.25, -0.2) is 14.8 Å². The molecule has 13 nitrogen and oxygen atoms in total. The quantitative estimate of drug-likeness (QED) is 0.239. The summed E-state index contributed by atoms with van der Waals surface area (Å²) in [6.07, 6.45) is 7.01. The third kappa shape index (κ3) is 5.69. The van der Waals surface area contributed by atoms with Crippen LogP contribution in [0.5, 0.6) is 0 Å². The Morgan fingerprint density at radius 2 is 1.72 bits per heavy atom. The highest BCUT2D eigenvalue weighted by molar-refractivity contribution is 5.94. The van der Waals surface area contributed by atoms with Crippen LogP contribution in [0.3, 0.4) is 0 Å². The normalized spacial score (nSPS) is 17.5. The number of hydrogen-bond acceptors (Lipinski definition) is 7. The molecule has 1 saturated heterocycles. The number of nitrogens with two attached hydrogens (primary N) is 1. The molecular weight excluding hydrogens is 420 g/mol. The summed E-state index contributed by atoms with van der Waals surface area (Å²) in [6, 6.07) is -3.01. The smallest absolute Gasteiger partial charge is 0.326 e. The Morgan fingerprint density at radius 1 is 1.09 bits per heavy atom. The summed E-state index contributed by atoms with van der Waals surface area (Å²) >= 11 is 0. The first kappa shape index (κ1) is 22.9. The van der Waals surface area contributed by atoms with Crippen LogP contribution in [0.15, 0.2) is 25.0 Å². The van der Waals surface area contributed by atoms with Crippen molar-refractivity contribution in [2.24, 2.45) is 5.73 Å². The molecule has 3 atom stereocenters. The molecule has 2 aromatic heterocycles. The van der Waals surface area contributed by atoms with Gasteiger partial charge in [-0.1, -0.05) is 0 Å². The van der Waals surface area contributed by atoms with E-state index in [1.807, 2.05) is 0 Å². The second-order valence-electron chi connectivity index (χ2n) is 7.48. The largest absolute Gasteiger partial charge is 0.480 e. The first-order valence-corrected chi connectivity index (χ1v) is 10.2. The molecule has 172 valence electrons. The summed E-state index contributed by atoms with van der Waals surface area (Å²) in [5, 5.41) is 14.7. The van der Waals surface area contributed by atoms with Crippen LogP contribution in [-0.2, 0) is 32.0 Å². The van der Waals surface area contributed by atoms with Crippen LogP contribution in [0.2, 0.25) is 0 Å². The van der Waals surface area contributed by atoms with Crippen LogP contribution in [0.4, 0.5) is 0 Å². The van der Waals surface area contributed by atoms with E-state index in [4.69, 9.17) is 5.73 Å². The Bertz CT molecular complexity index is 930. The van der Waals surface area contributed by atoms with E-state index in [0.29, 0.717) is 24.2 Å². The Balaban J connectivity index is 1.79. The number of carboxylic acids is 1. The number of H-pyrrole nitrogens is 2. The average molecular weight is 446 g/mol. The number of aromatic amines is 2. The van der Waals surface area contributed by atoms with Gasteiger partial charge < -0.3 is 36.3 Å². The Morgan fingerprint density at radius 3 is 2.25 bits per heavy atom. The molecule has 7 N–H and O–H groups in total. The Kier molecular flexibility index (Phi) is 7.54. The van der Waals surface area contributed by atoms with Crippen molar-refractivity contribution in [1.82, 2.24) is 35.5 Å². The summed E-state index contributed by atoms with van der Waals surface area (Å²) < 4.78 is 0. The molecule has 1 fully saturated rings. The van der Waals surface area contributed by atoms with E-state index in [1.54, 1.807) is 0 Å². The van der Waals surface area contributed by atoms with Gasteiger partial charge >= 0.3 is 5.97 Å². The van der Waals surface area contributed by atoms with E-state index in [-0.39, 0.29) is 25.9 Å². The van der Waals surface area contributed by atoms with Crippen molar-refractivity contribution in [3.63, 3.8) is 0 Å². The van der Waals surface area contributed by atoms with Gasteiger partial charge in [0, 0.05) is 43.2 Å². The van der Waals surface area contributed by atoms with Gasteiger partial charge in [0.05, 0.1) is 19.2 Å². The summed E-state index contributed by atoms with van der Waals surface area (Å²) in [5.74, 6) is -2.74. The second-order valence-corrected chi connectivity index (χ2v) is 7.48. The lowest BCUT2D eigenvalue weighted by molar-refractivity contribution is -0.149. The Labute approximate surface area is 183 Å². The first-order chi connectivity index (χ1) is 15.4. The lowest BCUT2D eigenvalue weighted by atomic mass is 10.1. The molecule has 0 radical (unpaired) electrons. The number of carbonyl (C=O) groups is 4. The van der Waals surface area contributed by atoms with Gasteiger partial charge in [0.25, 0.3) is 0 Å². The van der Waals surface area contributed by atoms with E-state index in [0.717, 1.165) is 0 Å². The summed E-state index contributed by atoms with van der Waals surface area (Å²) in [5.41, 5.74) is 6.56. The molecule has 3 heterocycles. The molecule has 3 amide bonds. The molecule has 0 bridgehead atoms. The van der Waals surface area contributed by atoms with Crippen LogP contribution in [0.25, 0.3) is 0 Å². The van der Waals surface area contributed by atoms with E-state index >= 15 is 0 Å². The predicted molar refractivity (Wildman–Crippen MR) is 110 cm³/mol. The maximum Gasteiger partial charge on any atom is 0.326 e. The molecule has 1 aliphatic heterocycles. The predicted octanol–water partition coefficient (Wildman–Crippen LogP) is -2.08. The number of amides is 3. The minimum atomic E-state index is -1.09. The first-order valence-electron chi connectivity index (χ1n) is 10.2. The van der Waals surface area contributed by atoms with Gasteiger partial charge in [-0.05, 0) is 12.8 Å². The molecule has 2 aromatic rings. The van der Waals surface area contributed by atoms with Crippen molar-refractivity contribution in [2.75, 3.05) is 13.1 Å². The molecule has 0 saturated carbocycles. The fraction of sp³-hybridized carbons (Fsp3) is 0.474. The fourth-order valence-electron chi connectivity index (χ4n) is 3.65. The number of likely N-dealkylation sites (tertiary alicyclic amines) is 1. The minimum absolute atomic E-state index is 0.0784. The van der Waals surface area contributed by atoms with Crippen molar-refractivity contribution in [2.45, 2.75) is 43.8 Å². The highest BCUT2D eigenvalue weighted by Gasteiger charge is 2.38. The molecule has 0 aromatic carbocycles. The van der Waals surface area contributed by atoms with E-state index < -0.39 is 41.8 Å². The second kappa shape index (κ2) is 10.5. The average Bonchev–Trinajstić information content (AvgIpc) is 3.54. The molecule has 3 rings (SSSR count). The van der Waals surface area contributed by atoms with E-state index in [2.05, 4.69) is 30.6 Å². The third-order valence-electron chi connectivity index (χ3n) is 5.23. The number of imidazole rings is 2. The van der Waals surface area contributed by atoms with Crippen LogP contribution in [0.1, 0.15) is 24.2 Å². The minimum Gasteiger partial charge on any atom is -0.480 e. The lowest BCUT2D eigenvalue weighted by Crippen LogP contribution is -2.57. The summed E-state index contributed by atoms with van der Waals surface area (Å²) in [7, 11) is 0. The molecule has 3 unspecified atom stereocenters. The number of hydrogen-bond donors (Lipinski definition) is 6. The van der Waals surface area contributed by atoms with E-state index in [1.165, 1.54) is 29.9 Å². The van der Waals surface area contributed by atoms with Crippen molar-refractivity contribution < 1.29 is 24.3 Å². The van der Waals surface area contributed by atoms with Crippen molar-refractivity contribution in [3.8, 4) is 0 Å². The number of aliphatic carboxylic acids is 1. The van der Waals surface area contributed by atoms with Crippen molar-refractivity contribution in [1.29, 1.82) is 0 Å². The number of carbonyl (C=O) groups excluding carboxylic acids is 3. The number of rotatable bonds is 10. The highest BCUT2D eigenvalue weighted by Crippen LogP contribution is 2.19. The molecule has 13 heteroatoms. The van der Waals surface area contributed by atoms with Crippen molar-refractivity contribution >= 4 is 23.7 Å². The fourth-order valence-corrected chi connectivity index (χ4v) is 3.65. The molecule has 0 aliphatic carbocycles. The molecule has 0 spiro atoms. The summed E-state index contributed by atoms with van der Waals surface area (Å²) in [6.45, 7) is -0.0239. The van der Waals surface area contributed by atoms with Crippen LogP contribution < -0.4 is 16.4 Å². The zero-order chi connectivity index (χ0) is 23.1. The van der Waals surface area contributed by atoms with Gasteiger partial charge in [0.15, 0.2) is 0 Å². The Hall–Kier alpha value is -3.74. The number of nitrogens with zero attached hydrogens (tertiary/aromatic N) is 3. The van der Waals surface area contributed by atoms with Crippen LogP contribution in [0, 0.1) is 0 Å².